The molecule has 1 aliphatic carbocycles. The molecule has 2 aliphatic heterocycles. The van der Waals surface area contributed by atoms with Gasteiger partial charge in [0.15, 0.2) is 0 Å². The van der Waals surface area contributed by atoms with E-state index in [1.54, 1.807) is 0 Å². The Morgan fingerprint density at radius 3 is 2.74 bits per heavy atom. The Bertz CT molecular complexity index is 661. The van der Waals surface area contributed by atoms with E-state index in [1.165, 1.54) is 5.84 Å². The average molecular weight is 293 g/mol. The van der Waals surface area contributed by atoms with Crippen molar-refractivity contribution in [2.45, 2.75) is 32.9 Å². The Hall–Kier alpha value is -0.990. The molecule has 19 heavy (non-hydrogen) atoms. The summed E-state index contributed by atoms with van der Waals surface area (Å²) in [6.07, 6.45) is 5.73. The zero-order chi connectivity index (χ0) is 13.3. The fourth-order valence-corrected chi connectivity index (χ4v) is 3.93. The molecule has 1 saturated heterocycles. The molecule has 98 valence electrons. The van der Waals surface area contributed by atoms with E-state index in [9.17, 15) is 0 Å². The van der Waals surface area contributed by atoms with Crippen LogP contribution in [-0.4, -0.2) is 16.8 Å². The number of halogens is 2. The Morgan fingerprint density at radius 1 is 1.16 bits per heavy atom. The largest absolute Gasteiger partial charge is 0.349 e. The number of hydrogen-bond donors (Lipinski definition) is 0. The first kappa shape index (κ1) is 11.8. The van der Waals surface area contributed by atoms with Crippen LogP contribution in [0.25, 0.3) is 0 Å². The van der Waals surface area contributed by atoms with Crippen LogP contribution in [-0.2, 0) is 6.54 Å². The second-order valence-electron chi connectivity index (χ2n) is 5.60. The van der Waals surface area contributed by atoms with Crippen molar-refractivity contribution in [1.29, 1.82) is 0 Å². The molecular weight excluding hydrogens is 279 g/mol. The van der Waals surface area contributed by atoms with Crippen molar-refractivity contribution in [2.24, 2.45) is 10.9 Å². The number of rotatable bonds is 0. The third-order valence-electron chi connectivity index (χ3n) is 4.54. The normalized spacial score (nSPS) is 26.5. The highest BCUT2D eigenvalue weighted by atomic mass is 35.5. The highest BCUT2D eigenvalue weighted by Gasteiger charge is 2.41. The number of aliphatic imine (C=N–C) groups is 1. The van der Waals surface area contributed by atoms with Gasteiger partial charge in [0.05, 0.1) is 15.7 Å². The number of amidine groups is 1. The molecule has 2 bridgehead atoms. The summed E-state index contributed by atoms with van der Waals surface area (Å²) < 4.78 is 0. The molecule has 0 N–H and O–H groups in total. The highest BCUT2D eigenvalue weighted by molar-refractivity contribution is 6.37. The summed E-state index contributed by atoms with van der Waals surface area (Å²) in [7, 11) is 0. The fraction of sp³-hybridized carbons (Fsp3) is 0.400. The van der Waals surface area contributed by atoms with Crippen LogP contribution in [0.5, 0.6) is 0 Å². The van der Waals surface area contributed by atoms with Crippen LogP contribution in [0.1, 0.15) is 23.1 Å². The van der Waals surface area contributed by atoms with Gasteiger partial charge in [-0.2, -0.15) is 0 Å². The number of hydrogen-bond acceptors (Lipinski definition) is 2. The summed E-state index contributed by atoms with van der Waals surface area (Å²) in [6, 6.07) is 0.504. The number of nitrogens with zero attached hydrogens (tertiary/aromatic N) is 2. The lowest BCUT2D eigenvalue weighted by Crippen LogP contribution is -2.36. The van der Waals surface area contributed by atoms with E-state index in [1.807, 2.05) is 13.8 Å². The van der Waals surface area contributed by atoms with Crippen molar-refractivity contribution in [1.82, 2.24) is 4.90 Å². The van der Waals surface area contributed by atoms with E-state index in [4.69, 9.17) is 28.2 Å². The molecular formula is C15H14Cl2N2. The molecule has 2 heterocycles. The second kappa shape index (κ2) is 3.77. The minimum absolute atomic E-state index is 0.483. The first-order valence-electron chi connectivity index (χ1n) is 6.58. The van der Waals surface area contributed by atoms with Gasteiger partial charge >= 0.3 is 0 Å². The van der Waals surface area contributed by atoms with Crippen molar-refractivity contribution in [3.8, 4) is 0 Å². The van der Waals surface area contributed by atoms with E-state index >= 15 is 0 Å². The Morgan fingerprint density at radius 2 is 1.95 bits per heavy atom. The van der Waals surface area contributed by atoms with E-state index < -0.39 is 0 Å². The minimum Gasteiger partial charge on any atom is -0.349 e. The van der Waals surface area contributed by atoms with Gasteiger partial charge in [-0.15, -0.1) is 0 Å². The van der Waals surface area contributed by atoms with Crippen LogP contribution in [0.3, 0.4) is 0 Å². The summed E-state index contributed by atoms with van der Waals surface area (Å²) in [6.45, 7) is 4.87. The van der Waals surface area contributed by atoms with Crippen LogP contribution < -0.4 is 0 Å². The van der Waals surface area contributed by atoms with Crippen LogP contribution in [0.2, 0.25) is 10.0 Å². The Balaban J connectivity index is 1.96. The topological polar surface area (TPSA) is 15.6 Å². The molecule has 0 saturated carbocycles. The molecule has 1 fully saturated rings. The monoisotopic (exact) mass is 292 g/mol. The lowest BCUT2D eigenvalue weighted by molar-refractivity contribution is 0.377. The van der Waals surface area contributed by atoms with Crippen molar-refractivity contribution in [2.75, 3.05) is 0 Å². The van der Waals surface area contributed by atoms with Gasteiger partial charge in [0.2, 0.25) is 0 Å². The van der Waals surface area contributed by atoms with E-state index in [-0.39, 0.29) is 0 Å². The van der Waals surface area contributed by atoms with Crippen molar-refractivity contribution < 1.29 is 0 Å². The SMILES string of the molecule is Cc1c(Cl)c(C)c2c(c1Cl)CN1C(=N2)C2C=CC1C2. The quantitative estimate of drug-likeness (QED) is 0.647. The molecule has 2 atom stereocenters. The van der Waals surface area contributed by atoms with Crippen molar-refractivity contribution >= 4 is 34.7 Å². The Kier molecular flexibility index (Phi) is 2.34. The summed E-state index contributed by atoms with van der Waals surface area (Å²) in [5.74, 6) is 1.68. The highest BCUT2D eigenvalue weighted by Crippen LogP contribution is 2.46. The molecule has 0 aromatic heterocycles. The van der Waals surface area contributed by atoms with Crippen molar-refractivity contribution in [3.05, 3.63) is 38.9 Å². The fourth-order valence-electron chi connectivity index (χ4n) is 3.45. The van der Waals surface area contributed by atoms with Gasteiger partial charge in [-0.25, -0.2) is 4.99 Å². The van der Waals surface area contributed by atoms with Crippen LogP contribution in [0.15, 0.2) is 17.1 Å². The maximum absolute atomic E-state index is 6.48. The molecule has 4 heteroatoms. The average Bonchev–Trinajstić information content (AvgIpc) is 3.03. The zero-order valence-electron chi connectivity index (χ0n) is 10.9. The first-order valence-corrected chi connectivity index (χ1v) is 7.34. The van der Waals surface area contributed by atoms with Gasteiger partial charge in [0.25, 0.3) is 0 Å². The predicted molar refractivity (Wildman–Crippen MR) is 79.6 cm³/mol. The molecule has 1 aromatic rings. The maximum atomic E-state index is 6.48. The van der Waals surface area contributed by atoms with Gasteiger partial charge in [0, 0.05) is 24.1 Å². The molecule has 2 unspecified atom stereocenters. The van der Waals surface area contributed by atoms with Crippen LogP contribution >= 0.6 is 23.2 Å². The van der Waals surface area contributed by atoms with Gasteiger partial charge < -0.3 is 4.90 Å². The molecule has 0 spiro atoms. The summed E-state index contributed by atoms with van der Waals surface area (Å²) in [4.78, 5) is 7.26. The van der Waals surface area contributed by atoms with Crippen LogP contribution in [0.4, 0.5) is 5.69 Å². The molecule has 0 radical (unpaired) electrons. The zero-order valence-corrected chi connectivity index (χ0v) is 12.4. The molecule has 2 nitrogen and oxygen atoms in total. The summed E-state index contributed by atoms with van der Waals surface area (Å²) in [5, 5.41) is 1.53. The summed E-state index contributed by atoms with van der Waals surface area (Å²) in [5.41, 5.74) is 4.15. The summed E-state index contributed by atoms with van der Waals surface area (Å²) >= 11 is 12.8. The van der Waals surface area contributed by atoms with Gasteiger partial charge in [-0.05, 0) is 31.4 Å². The maximum Gasteiger partial charge on any atom is 0.113 e. The van der Waals surface area contributed by atoms with E-state index in [0.717, 1.165) is 45.4 Å². The van der Waals surface area contributed by atoms with Gasteiger partial charge in [-0.1, -0.05) is 35.4 Å². The smallest absolute Gasteiger partial charge is 0.113 e. The number of benzene rings is 1. The minimum atomic E-state index is 0.483. The predicted octanol–water partition coefficient (Wildman–Crippen LogP) is 4.41. The molecule has 0 amide bonds. The molecule has 1 aromatic carbocycles. The standard InChI is InChI=1S/C15H14Cl2N2/c1-7-12(16)8(2)14-11(13(7)17)6-19-10-4-3-9(5-10)15(19)18-14/h3-4,9-10H,5-6H2,1-2H3. The first-order chi connectivity index (χ1) is 9.08. The van der Waals surface area contributed by atoms with Gasteiger partial charge in [0.1, 0.15) is 5.84 Å². The van der Waals surface area contributed by atoms with Crippen molar-refractivity contribution in [3.63, 3.8) is 0 Å². The second-order valence-corrected chi connectivity index (χ2v) is 6.35. The van der Waals surface area contributed by atoms with Crippen LogP contribution in [0, 0.1) is 19.8 Å². The van der Waals surface area contributed by atoms with Gasteiger partial charge in [-0.3, -0.25) is 0 Å². The molecule has 3 aliphatic rings. The van der Waals surface area contributed by atoms with E-state index in [0.29, 0.717) is 12.0 Å². The lowest BCUT2D eigenvalue weighted by Gasteiger charge is -2.33. The third-order valence-corrected chi connectivity index (χ3v) is 5.61. The number of fused-ring (bicyclic) bond motifs is 6. The third kappa shape index (κ3) is 1.42. The molecule has 4 rings (SSSR count). The lowest BCUT2D eigenvalue weighted by atomic mass is 10.0. The van der Waals surface area contributed by atoms with E-state index in [2.05, 4.69) is 17.1 Å². The Labute approximate surface area is 122 Å².